The van der Waals surface area contributed by atoms with E-state index in [4.69, 9.17) is 9.47 Å². The fourth-order valence-corrected chi connectivity index (χ4v) is 2.68. The standard InChI is InChI=1S/C11H14O2/c1-3-8-7-9-4-2-6-13-11(9)10(8)12-5-1/h1-4,8-11H,5-7H2/t8-,9+,10-,11+. The van der Waals surface area contributed by atoms with Gasteiger partial charge < -0.3 is 9.47 Å². The van der Waals surface area contributed by atoms with Crippen LogP contribution in [0.2, 0.25) is 0 Å². The van der Waals surface area contributed by atoms with Crippen LogP contribution in [0.3, 0.4) is 0 Å². The van der Waals surface area contributed by atoms with Crippen LogP contribution in [0, 0.1) is 11.8 Å². The molecule has 4 atom stereocenters. The molecule has 2 heterocycles. The largest absolute Gasteiger partial charge is 0.371 e. The van der Waals surface area contributed by atoms with Gasteiger partial charge in [-0.1, -0.05) is 24.3 Å². The molecule has 0 unspecified atom stereocenters. The van der Waals surface area contributed by atoms with Crippen molar-refractivity contribution in [3.63, 3.8) is 0 Å². The molecule has 1 fully saturated rings. The molecule has 0 amide bonds. The van der Waals surface area contributed by atoms with Crippen LogP contribution in [0.15, 0.2) is 24.3 Å². The highest BCUT2D eigenvalue weighted by Gasteiger charge is 2.44. The summed E-state index contributed by atoms with van der Waals surface area (Å²) in [7, 11) is 0. The summed E-state index contributed by atoms with van der Waals surface area (Å²) in [6.45, 7) is 1.52. The minimum absolute atomic E-state index is 0.319. The van der Waals surface area contributed by atoms with E-state index in [1.54, 1.807) is 0 Å². The Morgan fingerprint density at radius 1 is 0.846 bits per heavy atom. The summed E-state index contributed by atoms with van der Waals surface area (Å²) >= 11 is 0. The fraction of sp³-hybridized carbons (Fsp3) is 0.636. The number of hydrogen-bond acceptors (Lipinski definition) is 2. The quantitative estimate of drug-likeness (QED) is 0.524. The molecular weight excluding hydrogens is 164 g/mol. The molecule has 2 aliphatic heterocycles. The number of fused-ring (bicyclic) bond motifs is 3. The van der Waals surface area contributed by atoms with Crippen LogP contribution in [0.1, 0.15) is 6.42 Å². The maximum Gasteiger partial charge on any atom is 0.0909 e. The van der Waals surface area contributed by atoms with Crippen LogP contribution >= 0.6 is 0 Å². The van der Waals surface area contributed by atoms with Gasteiger partial charge in [-0.05, 0) is 6.42 Å². The van der Waals surface area contributed by atoms with Gasteiger partial charge >= 0.3 is 0 Å². The summed E-state index contributed by atoms with van der Waals surface area (Å²) < 4.78 is 11.5. The maximum absolute atomic E-state index is 5.73. The first kappa shape index (κ1) is 7.77. The zero-order chi connectivity index (χ0) is 8.67. The molecule has 0 N–H and O–H groups in total. The molecule has 2 nitrogen and oxygen atoms in total. The van der Waals surface area contributed by atoms with Crippen molar-refractivity contribution in [1.29, 1.82) is 0 Å². The van der Waals surface area contributed by atoms with E-state index in [1.165, 1.54) is 6.42 Å². The number of ether oxygens (including phenoxy) is 2. The van der Waals surface area contributed by atoms with E-state index in [2.05, 4.69) is 24.3 Å². The van der Waals surface area contributed by atoms with E-state index in [-0.39, 0.29) is 0 Å². The van der Waals surface area contributed by atoms with Gasteiger partial charge in [-0.3, -0.25) is 0 Å². The lowest BCUT2D eigenvalue weighted by atomic mass is 10.0. The molecule has 0 aromatic rings. The first-order valence-corrected chi connectivity index (χ1v) is 5.02. The Morgan fingerprint density at radius 3 is 1.92 bits per heavy atom. The van der Waals surface area contributed by atoms with Crippen molar-refractivity contribution in [1.82, 2.24) is 0 Å². The van der Waals surface area contributed by atoms with E-state index < -0.39 is 0 Å². The SMILES string of the molecule is C1=C[C@H]2C[C@H]3C=CCO[C@H]3[C@H]2OC1. The highest BCUT2D eigenvalue weighted by atomic mass is 16.5. The van der Waals surface area contributed by atoms with Crippen molar-refractivity contribution in [2.75, 3.05) is 13.2 Å². The second kappa shape index (κ2) is 2.96. The van der Waals surface area contributed by atoms with Crippen LogP contribution in [0.5, 0.6) is 0 Å². The van der Waals surface area contributed by atoms with Crippen LogP contribution < -0.4 is 0 Å². The second-order valence-electron chi connectivity index (χ2n) is 4.02. The van der Waals surface area contributed by atoms with Crippen molar-refractivity contribution in [2.45, 2.75) is 18.6 Å². The van der Waals surface area contributed by atoms with Crippen molar-refractivity contribution in [3.05, 3.63) is 24.3 Å². The third-order valence-electron chi connectivity index (χ3n) is 3.25. The second-order valence-corrected chi connectivity index (χ2v) is 4.02. The number of rotatable bonds is 0. The fourth-order valence-electron chi connectivity index (χ4n) is 2.68. The highest BCUT2D eigenvalue weighted by molar-refractivity contribution is 5.12. The highest BCUT2D eigenvalue weighted by Crippen LogP contribution is 2.40. The van der Waals surface area contributed by atoms with E-state index in [0.717, 1.165) is 13.2 Å². The smallest absolute Gasteiger partial charge is 0.0909 e. The summed E-state index contributed by atoms with van der Waals surface area (Å²) in [5.41, 5.74) is 0. The van der Waals surface area contributed by atoms with E-state index in [0.29, 0.717) is 24.0 Å². The number of hydrogen-bond donors (Lipinski definition) is 0. The van der Waals surface area contributed by atoms with Gasteiger partial charge in [-0.15, -0.1) is 0 Å². The molecule has 0 saturated heterocycles. The van der Waals surface area contributed by atoms with Crippen LogP contribution in [-0.2, 0) is 9.47 Å². The first-order valence-electron chi connectivity index (χ1n) is 5.02. The van der Waals surface area contributed by atoms with Crippen molar-refractivity contribution in [3.8, 4) is 0 Å². The molecule has 0 spiro atoms. The lowest BCUT2D eigenvalue weighted by Crippen LogP contribution is -2.36. The third kappa shape index (κ3) is 1.17. The molecule has 70 valence electrons. The average molecular weight is 178 g/mol. The lowest BCUT2D eigenvalue weighted by Gasteiger charge is -2.28. The maximum atomic E-state index is 5.73. The Hall–Kier alpha value is -0.600. The summed E-state index contributed by atoms with van der Waals surface area (Å²) in [6, 6.07) is 0. The van der Waals surface area contributed by atoms with Gasteiger partial charge in [-0.2, -0.15) is 0 Å². The molecule has 0 bridgehead atoms. The third-order valence-corrected chi connectivity index (χ3v) is 3.25. The van der Waals surface area contributed by atoms with E-state index in [1.807, 2.05) is 0 Å². The van der Waals surface area contributed by atoms with Gasteiger partial charge in [0.25, 0.3) is 0 Å². The van der Waals surface area contributed by atoms with Crippen molar-refractivity contribution in [2.24, 2.45) is 11.8 Å². The van der Waals surface area contributed by atoms with Gasteiger partial charge in [-0.25, -0.2) is 0 Å². The summed E-state index contributed by atoms with van der Waals surface area (Å²) in [5, 5.41) is 0. The van der Waals surface area contributed by atoms with Gasteiger partial charge in [0.2, 0.25) is 0 Å². The minimum Gasteiger partial charge on any atom is -0.371 e. The Labute approximate surface area is 78.2 Å². The first-order chi connectivity index (χ1) is 6.45. The normalized spacial score (nSPS) is 47.4. The monoisotopic (exact) mass is 178 g/mol. The zero-order valence-electron chi connectivity index (χ0n) is 7.56. The topological polar surface area (TPSA) is 18.5 Å². The van der Waals surface area contributed by atoms with Crippen molar-refractivity contribution < 1.29 is 9.47 Å². The van der Waals surface area contributed by atoms with Gasteiger partial charge in [0, 0.05) is 11.8 Å². The minimum atomic E-state index is 0.319. The molecule has 1 aliphatic carbocycles. The molecule has 1 saturated carbocycles. The van der Waals surface area contributed by atoms with Crippen LogP contribution in [0.25, 0.3) is 0 Å². The summed E-state index contributed by atoms with van der Waals surface area (Å²) in [6.07, 6.45) is 10.7. The Bertz CT molecular complexity index is 231. The Balaban J connectivity index is 1.87. The van der Waals surface area contributed by atoms with Crippen LogP contribution in [-0.4, -0.2) is 25.4 Å². The molecule has 3 rings (SSSR count). The zero-order valence-corrected chi connectivity index (χ0v) is 7.56. The molecule has 3 aliphatic rings. The molecule has 0 aromatic carbocycles. The van der Waals surface area contributed by atoms with Gasteiger partial charge in [0.05, 0.1) is 25.4 Å². The molecular formula is C11H14O2. The van der Waals surface area contributed by atoms with Gasteiger partial charge in [0.1, 0.15) is 0 Å². The molecule has 0 radical (unpaired) electrons. The summed E-state index contributed by atoms with van der Waals surface area (Å²) in [4.78, 5) is 0. The van der Waals surface area contributed by atoms with E-state index >= 15 is 0 Å². The summed E-state index contributed by atoms with van der Waals surface area (Å²) in [5.74, 6) is 1.18. The van der Waals surface area contributed by atoms with Crippen LogP contribution in [0.4, 0.5) is 0 Å². The predicted octanol–water partition coefficient (Wildman–Crippen LogP) is 1.53. The van der Waals surface area contributed by atoms with Gasteiger partial charge in [0.15, 0.2) is 0 Å². The molecule has 2 heteroatoms. The Kier molecular flexibility index (Phi) is 1.77. The molecule has 0 aromatic heterocycles. The van der Waals surface area contributed by atoms with Crippen molar-refractivity contribution >= 4 is 0 Å². The average Bonchev–Trinajstić information content (AvgIpc) is 2.56. The lowest BCUT2D eigenvalue weighted by molar-refractivity contribution is -0.0673. The van der Waals surface area contributed by atoms with E-state index in [9.17, 15) is 0 Å². The predicted molar refractivity (Wildman–Crippen MR) is 49.4 cm³/mol. The molecule has 13 heavy (non-hydrogen) atoms. The Morgan fingerprint density at radius 2 is 1.38 bits per heavy atom.